The number of carbonyl (C=O) groups excluding carboxylic acids is 3. The van der Waals surface area contributed by atoms with Gasteiger partial charge in [0.15, 0.2) is 12.4 Å². The molecule has 31 heavy (non-hydrogen) atoms. The lowest BCUT2D eigenvalue weighted by atomic mass is 10.1. The first kappa shape index (κ1) is 21.8. The maximum atomic E-state index is 12.3. The summed E-state index contributed by atoms with van der Waals surface area (Å²) in [5.41, 5.74) is 0.123. The first-order valence-electron chi connectivity index (χ1n) is 9.67. The Balaban J connectivity index is 1.61. The molecule has 0 aliphatic heterocycles. The summed E-state index contributed by atoms with van der Waals surface area (Å²) in [5, 5.41) is 16.6. The highest BCUT2D eigenvalue weighted by Gasteiger charge is 2.25. The third kappa shape index (κ3) is 5.78. The Labute approximate surface area is 177 Å². The SMILES string of the molecule is CCOc1ccc(C(=O)OCC(=O)Nc2ccccc2C(=O)NC2CC2)cc1[N+](=O)[O-]. The van der Waals surface area contributed by atoms with E-state index in [-0.39, 0.29) is 35.6 Å². The number of nitro benzene ring substituents is 1. The predicted octanol–water partition coefficient (Wildman–Crippen LogP) is 2.68. The monoisotopic (exact) mass is 427 g/mol. The van der Waals surface area contributed by atoms with Crippen molar-refractivity contribution in [3.8, 4) is 5.75 Å². The Morgan fingerprint density at radius 3 is 2.58 bits per heavy atom. The van der Waals surface area contributed by atoms with Crippen molar-refractivity contribution in [1.82, 2.24) is 5.32 Å². The lowest BCUT2D eigenvalue weighted by molar-refractivity contribution is -0.385. The molecule has 1 aliphatic rings. The lowest BCUT2D eigenvalue weighted by Crippen LogP contribution is -2.28. The van der Waals surface area contributed by atoms with Gasteiger partial charge in [-0.05, 0) is 44.0 Å². The topological polar surface area (TPSA) is 137 Å². The Kier molecular flexibility index (Phi) is 6.81. The molecule has 162 valence electrons. The molecule has 0 spiro atoms. The molecule has 0 radical (unpaired) electrons. The van der Waals surface area contributed by atoms with Gasteiger partial charge in [0.2, 0.25) is 0 Å². The molecule has 0 bridgehead atoms. The molecular formula is C21H21N3O7. The van der Waals surface area contributed by atoms with Crippen LogP contribution in [0, 0.1) is 10.1 Å². The second kappa shape index (κ2) is 9.70. The molecule has 1 saturated carbocycles. The molecular weight excluding hydrogens is 406 g/mol. The van der Waals surface area contributed by atoms with Crippen LogP contribution in [0.25, 0.3) is 0 Å². The van der Waals surface area contributed by atoms with Gasteiger partial charge in [-0.25, -0.2) is 4.79 Å². The minimum Gasteiger partial charge on any atom is -0.487 e. The van der Waals surface area contributed by atoms with Gasteiger partial charge in [-0.2, -0.15) is 0 Å². The number of amides is 2. The smallest absolute Gasteiger partial charge is 0.338 e. The number of ether oxygens (including phenoxy) is 2. The van der Waals surface area contributed by atoms with E-state index in [4.69, 9.17) is 9.47 Å². The fraction of sp³-hybridized carbons (Fsp3) is 0.286. The third-order valence-electron chi connectivity index (χ3n) is 4.38. The third-order valence-corrected chi connectivity index (χ3v) is 4.38. The van der Waals surface area contributed by atoms with Crippen LogP contribution < -0.4 is 15.4 Å². The normalized spacial score (nSPS) is 12.5. The van der Waals surface area contributed by atoms with Crippen LogP contribution in [-0.4, -0.2) is 42.0 Å². The van der Waals surface area contributed by atoms with Crippen molar-refractivity contribution in [1.29, 1.82) is 0 Å². The Morgan fingerprint density at radius 2 is 1.90 bits per heavy atom. The minimum atomic E-state index is -0.902. The zero-order valence-electron chi connectivity index (χ0n) is 16.8. The number of nitro groups is 1. The molecule has 1 fully saturated rings. The number of para-hydroxylation sites is 1. The molecule has 10 nitrogen and oxygen atoms in total. The number of hydrogen-bond acceptors (Lipinski definition) is 7. The van der Waals surface area contributed by atoms with Crippen molar-refractivity contribution in [2.45, 2.75) is 25.8 Å². The molecule has 0 atom stereocenters. The minimum absolute atomic E-state index is 0.0304. The lowest BCUT2D eigenvalue weighted by Gasteiger charge is -2.11. The molecule has 0 aromatic heterocycles. The van der Waals surface area contributed by atoms with Crippen molar-refractivity contribution in [3.63, 3.8) is 0 Å². The van der Waals surface area contributed by atoms with E-state index in [1.807, 2.05) is 0 Å². The number of nitrogens with zero attached hydrogens (tertiary/aromatic N) is 1. The summed E-state index contributed by atoms with van der Waals surface area (Å²) < 4.78 is 10.1. The van der Waals surface area contributed by atoms with E-state index in [2.05, 4.69) is 10.6 Å². The van der Waals surface area contributed by atoms with Crippen LogP contribution in [0.2, 0.25) is 0 Å². The molecule has 2 aromatic carbocycles. The largest absolute Gasteiger partial charge is 0.487 e. The predicted molar refractivity (Wildman–Crippen MR) is 110 cm³/mol. The average molecular weight is 427 g/mol. The molecule has 3 rings (SSSR count). The second-order valence-corrected chi connectivity index (χ2v) is 6.79. The summed E-state index contributed by atoms with van der Waals surface area (Å²) in [6.45, 7) is 1.28. The maximum absolute atomic E-state index is 12.3. The van der Waals surface area contributed by atoms with E-state index in [1.54, 1.807) is 31.2 Å². The number of anilines is 1. The van der Waals surface area contributed by atoms with Crippen molar-refractivity contribution >= 4 is 29.2 Å². The van der Waals surface area contributed by atoms with Gasteiger partial charge in [-0.3, -0.25) is 19.7 Å². The van der Waals surface area contributed by atoms with Crippen LogP contribution in [-0.2, 0) is 9.53 Å². The van der Waals surface area contributed by atoms with E-state index in [9.17, 15) is 24.5 Å². The summed E-state index contributed by atoms with van der Waals surface area (Å²) in [4.78, 5) is 47.2. The van der Waals surface area contributed by atoms with Gasteiger partial charge in [-0.1, -0.05) is 12.1 Å². The highest BCUT2D eigenvalue weighted by Crippen LogP contribution is 2.28. The van der Waals surface area contributed by atoms with Gasteiger partial charge in [0.05, 0.1) is 28.3 Å². The van der Waals surface area contributed by atoms with Crippen molar-refractivity contribution in [2.24, 2.45) is 0 Å². The van der Waals surface area contributed by atoms with Gasteiger partial charge >= 0.3 is 11.7 Å². The van der Waals surface area contributed by atoms with E-state index in [0.717, 1.165) is 18.9 Å². The van der Waals surface area contributed by atoms with Crippen LogP contribution in [0.15, 0.2) is 42.5 Å². The Hall–Kier alpha value is -3.95. The van der Waals surface area contributed by atoms with Crippen molar-refractivity contribution in [2.75, 3.05) is 18.5 Å². The Morgan fingerprint density at radius 1 is 1.16 bits per heavy atom. The van der Waals surface area contributed by atoms with Gasteiger partial charge in [-0.15, -0.1) is 0 Å². The zero-order valence-corrected chi connectivity index (χ0v) is 16.8. The summed E-state index contributed by atoms with van der Waals surface area (Å²) >= 11 is 0. The van der Waals surface area contributed by atoms with E-state index < -0.39 is 23.4 Å². The fourth-order valence-electron chi connectivity index (χ4n) is 2.75. The van der Waals surface area contributed by atoms with Crippen LogP contribution in [0.5, 0.6) is 5.75 Å². The second-order valence-electron chi connectivity index (χ2n) is 6.79. The van der Waals surface area contributed by atoms with Crippen LogP contribution in [0.3, 0.4) is 0 Å². The molecule has 10 heteroatoms. The molecule has 2 amide bonds. The molecule has 1 aliphatic carbocycles. The molecule has 0 saturated heterocycles. The van der Waals surface area contributed by atoms with Crippen LogP contribution >= 0.6 is 0 Å². The fourth-order valence-corrected chi connectivity index (χ4v) is 2.75. The number of carbonyl (C=O) groups is 3. The highest BCUT2D eigenvalue weighted by molar-refractivity contribution is 6.04. The standard InChI is InChI=1S/C21H21N3O7/c1-2-30-18-10-7-13(11-17(18)24(28)29)21(27)31-12-19(25)23-16-6-4-3-5-15(16)20(26)22-14-8-9-14/h3-7,10-11,14H,2,8-9,12H2,1H3,(H,22,26)(H,23,25). The number of rotatable bonds is 9. The number of benzene rings is 2. The summed E-state index contributed by atoms with van der Waals surface area (Å²) in [6, 6.07) is 10.3. The number of esters is 1. The molecule has 2 N–H and O–H groups in total. The van der Waals surface area contributed by atoms with E-state index in [0.29, 0.717) is 11.3 Å². The van der Waals surface area contributed by atoms with Crippen LogP contribution in [0.1, 0.15) is 40.5 Å². The van der Waals surface area contributed by atoms with E-state index in [1.165, 1.54) is 12.1 Å². The number of nitrogens with one attached hydrogen (secondary N) is 2. The molecule has 2 aromatic rings. The average Bonchev–Trinajstić information content (AvgIpc) is 3.56. The highest BCUT2D eigenvalue weighted by atomic mass is 16.6. The number of hydrogen-bond donors (Lipinski definition) is 2. The van der Waals surface area contributed by atoms with Gasteiger partial charge < -0.3 is 20.1 Å². The summed E-state index contributed by atoms with van der Waals surface area (Å²) in [7, 11) is 0. The maximum Gasteiger partial charge on any atom is 0.338 e. The van der Waals surface area contributed by atoms with E-state index >= 15 is 0 Å². The zero-order chi connectivity index (χ0) is 22.4. The first-order valence-corrected chi connectivity index (χ1v) is 9.67. The summed E-state index contributed by atoms with van der Waals surface area (Å²) in [6.07, 6.45) is 1.86. The quantitative estimate of drug-likeness (QED) is 0.356. The molecule has 0 heterocycles. The van der Waals surface area contributed by atoms with Crippen molar-refractivity contribution < 1.29 is 28.8 Å². The summed E-state index contributed by atoms with van der Waals surface area (Å²) in [5.74, 6) is -1.82. The molecule has 0 unspecified atom stereocenters. The van der Waals surface area contributed by atoms with Crippen molar-refractivity contribution in [3.05, 3.63) is 63.7 Å². The van der Waals surface area contributed by atoms with Gasteiger partial charge in [0.1, 0.15) is 0 Å². The van der Waals surface area contributed by atoms with Gasteiger partial charge in [0.25, 0.3) is 11.8 Å². The Bertz CT molecular complexity index is 1020. The van der Waals surface area contributed by atoms with Crippen LogP contribution in [0.4, 0.5) is 11.4 Å². The van der Waals surface area contributed by atoms with Gasteiger partial charge in [0, 0.05) is 12.1 Å². The first-order chi connectivity index (χ1) is 14.9.